The molecular weight excluding hydrogens is 174 g/mol. The summed E-state index contributed by atoms with van der Waals surface area (Å²) in [5, 5.41) is 4.16. The standard InChI is InChI=1S/C11H19N3/c1-8(9-4-3-5-9)11(12)10-6-7-13-14(10)2/h6-9,11H,3-5,12H2,1-2H3. The molecular formula is C11H19N3. The third-order valence-electron chi connectivity index (χ3n) is 3.66. The van der Waals surface area contributed by atoms with Crippen molar-refractivity contribution in [2.45, 2.75) is 32.2 Å². The minimum Gasteiger partial charge on any atom is -0.322 e. The highest BCUT2D eigenvalue weighted by Gasteiger charge is 2.29. The molecule has 2 rings (SSSR count). The van der Waals surface area contributed by atoms with E-state index in [4.69, 9.17) is 5.73 Å². The highest BCUT2D eigenvalue weighted by atomic mass is 15.3. The fraction of sp³-hybridized carbons (Fsp3) is 0.727. The molecule has 0 saturated heterocycles. The smallest absolute Gasteiger partial charge is 0.0550 e. The van der Waals surface area contributed by atoms with Gasteiger partial charge in [-0.2, -0.15) is 5.10 Å². The van der Waals surface area contributed by atoms with Gasteiger partial charge in [-0.15, -0.1) is 0 Å². The lowest BCUT2D eigenvalue weighted by atomic mass is 9.73. The molecule has 1 aliphatic rings. The summed E-state index contributed by atoms with van der Waals surface area (Å²) in [6.45, 7) is 2.27. The summed E-state index contributed by atoms with van der Waals surface area (Å²) in [5.74, 6) is 1.42. The molecule has 0 aliphatic heterocycles. The molecule has 1 aromatic heterocycles. The third kappa shape index (κ3) is 1.57. The number of nitrogens with zero attached hydrogens (tertiary/aromatic N) is 2. The zero-order valence-corrected chi connectivity index (χ0v) is 8.98. The van der Waals surface area contributed by atoms with Gasteiger partial charge < -0.3 is 5.73 Å². The molecule has 0 amide bonds. The highest BCUT2D eigenvalue weighted by molar-refractivity contribution is 5.07. The molecule has 1 heterocycles. The van der Waals surface area contributed by atoms with Gasteiger partial charge in [0.1, 0.15) is 0 Å². The van der Waals surface area contributed by atoms with Crippen molar-refractivity contribution in [3.63, 3.8) is 0 Å². The number of hydrogen-bond acceptors (Lipinski definition) is 2. The normalized spacial score (nSPS) is 21.6. The molecule has 78 valence electrons. The molecule has 3 nitrogen and oxygen atoms in total. The van der Waals surface area contributed by atoms with Crippen molar-refractivity contribution in [1.29, 1.82) is 0 Å². The third-order valence-corrected chi connectivity index (χ3v) is 3.66. The summed E-state index contributed by atoms with van der Waals surface area (Å²) >= 11 is 0. The van der Waals surface area contributed by atoms with Crippen molar-refractivity contribution in [2.24, 2.45) is 24.6 Å². The molecule has 0 radical (unpaired) electrons. The Hall–Kier alpha value is -0.830. The van der Waals surface area contributed by atoms with E-state index in [-0.39, 0.29) is 6.04 Å². The van der Waals surface area contributed by atoms with E-state index in [1.165, 1.54) is 19.3 Å². The fourth-order valence-electron chi connectivity index (χ4n) is 2.24. The van der Waals surface area contributed by atoms with Gasteiger partial charge in [0.25, 0.3) is 0 Å². The lowest BCUT2D eigenvalue weighted by Crippen LogP contribution is -2.30. The van der Waals surface area contributed by atoms with E-state index < -0.39 is 0 Å². The van der Waals surface area contributed by atoms with E-state index in [0.717, 1.165) is 11.6 Å². The van der Waals surface area contributed by atoms with E-state index in [0.29, 0.717) is 5.92 Å². The summed E-state index contributed by atoms with van der Waals surface area (Å²) in [6, 6.07) is 2.17. The predicted octanol–water partition coefficient (Wildman–Crippen LogP) is 1.86. The van der Waals surface area contributed by atoms with Crippen LogP contribution in [0.15, 0.2) is 12.3 Å². The van der Waals surface area contributed by atoms with Gasteiger partial charge in [0, 0.05) is 19.3 Å². The number of aryl methyl sites for hydroxylation is 1. The molecule has 14 heavy (non-hydrogen) atoms. The van der Waals surface area contributed by atoms with E-state index in [2.05, 4.69) is 12.0 Å². The van der Waals surface area contributed by atoms with E-state index in [1.54, 1.807) is 0 Å². The first-order valence-corrected chi connectivity index (χ1v) is 5.43. The van der Waals surface area contributed by atoms with Crippen LogP contribution in [0.1, 0.15) is 37.9 Å². The van der Waals surface area contributed by atoms with Crippen LogP contribution >= 0.6 is 0 Å². The summed E-state index contributed by atoms with van der Waals surface area (Å²) in [4.78, 5) is 0. The zero-order valence-electron chi connectivity index (χ0n) is 8.98. The first-order valence-electron chi connectivity index (χ1n) is 5.43. The fourth-order valence-corrected chi connectivity index (χ4v) is 2.24. The van der Waals surface area contributed by atoms with Gasteiger partial charge in [-0.05, 0) is 17.9 Å². The molecule has 2 unspecified atom stereocenters. The van der Waals surface area contributed by atoms with Crippen LogP contribution in [0.25, 0.3) is 0 Å². The second-order valence-corrected chi connectivity index (χ2v) is 4.46. The van der Waals surface area contributed by atoms with Crippen LogP contribution < -0.4 is 5.73 Å². The van der Waals surface area contributed by atoms with Gasteiger partial charge in [0.15, 0.2) is 0 Å². The Labute approximate surface area is 85.3 Å². The Morgan fingerprint density at radius 2 is 2.29 bits per heavy atom. The molecule has 3 heteroatoms. The largest absolute Gasteiger partial charge is 0.322 e. The van der Waals surface area contributed by atoms with E-state index >= 15 is 0 Å². The average Bonchev–Trinajstić information content (AvgIpc) is 2.47. The van der Waals surface area contributed by atoms with Crippen LogP contribution in [0.2, 0.25) is 0 Å². The minimum absolute atomic E-state index is 0.146. The first kappa shape index (κ1) is 9.71. The lowest BCUT2D eigenvalue weighted by molar-refractivity contribution is 0.190. The monoisotopic (exact) mass is 193 g/mol. The van der Waals surface area contributed by atoms with Crippen LogP contribution in [-0.4, -0.2) is 9.78 Å². The summed E-state index contributed by atoms with van der Waals surface area (Å²) < 4.78 is 1.89. The predicted molar refractivity (Wildman–Crippen MR) is 56.6 cm³/mol. The number of rotatable bonds is 3. The minimum atomic E-state index is 0.146. The number of aromatic nitrogens is 2. The van der Waals surface area contributed by atoms with Crippen LogP contribution in [-0.2, 0) is 7.05 Å². The van der Waals surface area contributed by atoms with Crippen molar-refractivity contribution in [1.82, 2.24) is 9.78 Å². The van der Waals surface area contributed by atoms with Crippen LogP contribution in [0.3, 0.4) is 0 Å². The van der Waals surface area contributed by atoms with Crippen molar-refractivity contribution in [3.05, 3.63) is 18.0 Å². The van der Waals surface area contributed by atoms with Crippen molar-refractivity contribution >= 4 is 0 Å². The molecule has 1 aliphatic carbocycles. The van der Waals surface area contributed by atoms with Crippen LogP contribution in [0.4, 0.5) is 0 Å². The van der Waals surface area contributed by atoms with Gasteiger partial charge in [-0.1, -0.05) is 26.2 Å². The maximum Gasteiger partial charge on any atom is 0.0550 e. The Morgan fingerprint density at radius 1 is 1.57 bits per heavy atom. The van der Waals surface area contributed by atoms with Crippen molar-refractivity contribution in [3.8, 4) is 0 Å². The number of hydrogen-bond donors (Lipinski definition) is 1. The molecule has 2 atom stereocenters. The van der Waals surface area contributed by atoms with Gasteiger partial charge in [-0.3, -0.25) is 4.68 Å². The van der Waals surface area contributed by atoms with Gasteiger partial charge >= 0.3 is 0 Å². The molecule has 0 aromatic carbocycles. The lowest BCUT2D eigenvalue weighted by Gasteiger charge is -2.34. The molecule has 1 fully saturated rings. The SMILES string of the molecule is CC(C1CCC1)C(N)c1ccnn1C. The van der Waals surface area contributed by atoms with Crippen molar-refractivity contribution < 1.29 is 0 Å². The maximum atomic E-state index is 6.23. The second kappa shape index (κ2) is 3.73. The Morgan fingerprint density at radius 3 is 2.71 bits per heavy atom. The highest BCUT2D eigenvalue weighted by Crippen LogP contribution is 2.38. The van der Waals surface area contributed by atoms with Gasteiger partial charge in [-0.25, -0.2) is 0 Å². The van der Waals surface area contributed by atoms with Gasteiger partial charge in [0.2, 0.25) is 0 Å². The molecule has 0 spiro atoms. The molecule has 1 aromatic rings. The topological polar surface area (TPSA) is 43.8 Å². The van der Waals surface area contributed by atoms with E-state index in [9.17, 15) is 0 Å². The Kier molecular flexibility index (Phi) is 2.59. The summed E-state index contributed by atoms with van der Waals surface area (Å²) in [5.41, 5.74) is 7.39. The summed E-state index contributed by atoms with van der Waals surface area (Å²) in [7, 11) is 1.96. The Bertz CT molecular complexity index is 301. The van der Waals surface area contributed by atoms with Crippen LogP contribution in [0.5, 0.6) is 0 Å². The average molecular weight is 193 g/mol. The second-order valence-electron chi connectivity index (χ2n) is 4.46. The number of nitrogens with two attached hydrogens (primary N) is 1. The van der Waals surface area contributed by atoms with Gasteiger partial charge in [0.05, 0.1) is 5.69 Å². The van der Waals surface area contributed by atoms with Crippen LogP contribution in [0, 0.1) is 11.8 Å². The quantitative estimate of drug-likeness (QED) is 0.796. The molecule has 1 saturated carbocycles. The maximum absolute atomic E-state index is 6.23. The zero-order chi connectivity index (χ0) is 10.1. The Balaban J connectivity index is 2.07. The first-order chi connectivity index (χ1) is 6.70. The van der Waals surface area contributed by atoms with E-state index in [1.807, 2.05) is 24.0 Å². The van der Waals surface area contributed by atoms with Crippen molar-refractivity contribution in [2.75, 3.05) is 0 Å². The summed E-state index contributed by atoms with van der Waals surface area (Å²) in [6.07, 6.45) is 5.91. The molecule has 0 bridgehead atoms. The molecule has 2 N–H and O–H groups in total.